The first-order valence-electron chi connectivity index (χ1n) is 12.4. The van der Waals surface area contributed by atoms with Crippen LogP contribution in [0.5, 0.6) is 0 Å². The van der Waals surface area contributed by atoms with Gasteiger partial charge in [0.1, 0.15) is 5.60 Å². The molecule has 192 valence electrons. The molecule has 3 aromatic rings. The average molecular weight is 495 g/mol. The van der Waals surface area contributed by atoms with Crippen molar-refractivity contribution >= 4 is 22.3 Å². The van der Waals surface area contributed by atoms with Gasteiger partial charge in [-0.25, -0.2) is 8.78 Å². The Kier molecular flexibility index (Phi) is 6.58. The molecule has 0 spiro atoms. The third-order valence-electron chi connectivity index (χ3n) is 7.87. The highest BCUT2D eigenvalue weighted by Crippen LogP contribution is 2.51. The van der Waals surface area contributed by atoms with Crippen molar-refractivity contribution in [3.05, 3.63) is 70.6 Å². The number of ether oxygens (including phenoxy) is 1. The summed E-state index contributed by atoms with van der Waals surface area (Å²) in [6.07, 6.45) is 0.751. The average Bonchev–Trinajstić information content (AvgIpc) is 3.06. The van der Waals surface area contributed by atoms with E-state index in [1.165, 1.54) is 6.07 Å². The second kappa shape index (κ2) is 9.11. The number of anilines is 2. The Morgan fingerprint density at radius 2 is 1.83 bits per heavy atom. The van der Waals surface area contributed by atoms with Gasteiger partial charge in [-0.05, 0) is 50.5 Å². The predicted octanol–water partition coefficient (Wildman–Crippen LogP) is 7.38. The van der Waals surface area contributed by atoms with Crippen molar-refractivity contribution in [3.63, 3.8) is 0 Å². The van der Waals surface area contributed by atoms with Gasteiger partial charge < -0.3 is 15.0 Å². The maximum absolute atomic E-state index is 14.9. The van der Waals surface area contributed by atoms with Crippen molar-refractivity contribution in [1.29, 1.82) is 0 Å². The molecule has 0 saturated heterocycles. The zero-order valence-corrected chi connectivity index (χ0v) is 22.5. The van der Waals surface area contributed by atoms with Gasteiger partial charge in [0.2, 0.25) is 0 Å². The highest BCUT2D eigenvalue weighted by molar-refractivity contribution is 5.98. The highest BCUT2D eigenvalue weighted by atomic mass is 19.3. The second-order valence-corrected chi connectivity index (χ2v) is 10.1. The number of aryl methyl sites for hydroxylation is 1. The first kappa shape index (κ1) is 26.0. The van der Waals surface area contributed by atoms with E-state index in [1.54, 1.807) is 33.9 Å². The summed E-state index contributed by atoms with van der Waals surface area (Å²) >= 11 is 0. The fraction of sp³-hybridized carbons (Fsp3) is 0.448. The molecule has 0 aliphatic carbocycles. The molecule has 1 N–H and O–H groups in total. The number of hydrogen-bond donors (Lipinski definition) is 1. The van der Waals surface area contributed by atoms with E-state index in [1.807, 2.05) is 27.0 Å². The summed E-state index contributed by atoms with van der Waals surface area (Å²) in [5, 5.41) is 14.2. The van der Waals surface area contributed by atoms with Gasteiger partial charge in [-0.1, -0.05) is 45.5 Å². The Balaban J connectivity index is 1.80. The standard InChI is InChI=1S/C29H36F2N4O/c1-10-28(36-9)20(7)35(8)26-15-23-22(14-25(26)28)19(6)33-34-27(23)32-18(5)21-12-11-13-24(17(21)4)29(30,31)16(2)3/h11-16,18H,7,10H2,1-6,8-9H3,(H,32,34). The number of alkyl halides is 2. The molecule has 4 rings (SSSR count). The second-order valence-electron chi connectivity index (χ2n) is 10.1. The Morgan fingerprint density at radius 1 is 1.14 bits per heavy atom. The monoisotopic (exact) mass is 494 g/mol. The lowest BCUT2D eigenvalue weighted by Crippen LogP contribution is -2.30. The van der Waals surface area contributed by atoms with Gasteiger partial charge >= 0.3 is 0 Å². The summed E-state index contributed by atoms with van der Waals surface area (Å²) in [6, 6.07) is 9.07. The van der Waals surface area contributed by atoms with Crippen LogP contribution in [0.4, 0.5) is 20.3 Å². The van der Waals surface area contributed by atoms with Crippen molar-refractivity contribution in [2.24, 2.45) is 5.92 Å². The van der Waals surface area contributed by atoms with Crippen LogP contribution in [0.25, 0.3) is 10.8 Å². The van der Waals surface area contributed by atoms with Crippen molar-refractivity contribution in [3.8, 4) is 0 Å². The van der Waals surface area contributed by atoms with Crippen LogP contribution in [-0.4, -0.2) is 24.4 Å². The molecule has 5 nitrogen and oxygen atoms in total. The highest BCUT2D eigenvalue weighted by Gasteiger charge is 2.44. The molecular weight excluding hydrogens is 458 g/mol. The lowest BCUT2D eigenvalue weighted by Gasteiger charge is -2.29. The van der Waals surface area contributed by atoms with E-state index in [2.05, 4.69) is 46.0 Å². The summed E-state index contributed by atoms with van der Waals surface area (Å²) in [5.41, 5.74) is 4.63. The molecule has 0 saturated carbocycles. The number of halogens is 2. The number of rotatable bonds is 7. The molecule has 2 aromatic carbocycles. The van der Waals surface area contributed by atoms with E-state index < -0.39 is 17.4 Å². The van der Waals surface area contributed by atoms with E-state index in [4.69, 9.17) is 4.74 Å². The first-order chi connectivity index (χ1) is 16.9. The van der Waals surface area contributed by atoms with E-state index in [0.29, 0.717) is 11.4 Å². The van der Waals surface area contributed by atoms with E-state index in [9.17, 15) is 8.78 Å². The van der Waals surface area contributed by atoms with Crippen LogP contribution in [0.1, 0.15) is 68.1 Å². The van der Waals surface area contributed by atoms with Crippen LogP contribution in [0, 0.1) is 19.8 Å². The Morgan fingerprint density at radius 3 is 2.44 bits per heavy atom. The third-order valence-corrected chi connectivity index (χ3v) is 7.87. The number of aromatic nitrogens is 2. The van der Waals surface area contributed by atoms with Crippen LogP contribution >= 0.6 is 0 Å². The Bertz CT molecular complexity index is 1330. The van der Waals surface area contributed by atoms with Crippen molar-refractivity contribution < 1.29 is 13.5 Å². The smallest absolute Gasteiger partial charge is 0.275 e. The SMILES string of the molecule is C=C1N(C)c2cc3c(NC(C)c4cccc(C(F)(F)C(C)C)c4C)nnc(C)c3cc2C1(CC)OC. The maximum atomic E-state index is 14.9. The lowest BCUT2D eigenvalue weighted by molar-refractivity contribution is -0.0520. The van der Waals surface area contributed by atoms with Crippen LogP contribution in [0.2, 0.25) is 0 Å². The minimum atomic E-state index is -2.91. The maximum Gasteiger partial charge on any atom is 0.275 e. The zero-order valence-electron chi connectivity index (χ0n) is 22.5. The van der Waals surface area contributed by atoms with Crippen LogP contribution in [-0.2, 0) is 16.3 Å². The molecular formula is C29H36F2N4O. The first-order valence-corrected chi connectivity index (χ1v) is 12.4. The number of benzene rings is 2. The van der Waals surface area contributed by atoms with Gasteiger partial charge in [0.25, 0.3) is 5.92 Å². The van der Waals surface area contributed by atoms with Gasteiger partial charge in [0, 0.05) is 53.4 Å². The fourth-order valence-electron chi connectivity index (χ4n) is 5.44. The number of methoxy groups -OCH3 is 1. The van der Waals surface area contributed by atoms with Crippen molar-refractivity contribution in [2.75, 3.05) is 24.4 Å². The van der Waals surface area contributed by atoms with Gasteiger partial charge in [0.05, 0.1) is 11.7 Å². The Hall–Kier alpha value is -3.06. The molecule has 1 aliphatic rings. The van der Waals surface area contributed by atoms with Crippen LogP contribution in [0.3, 0.4) is 0 Å². The van der Waals surface area contributed by atoms with Crippen LogP contribution < -0.4 is 10.2 Å². The molecule has 7 heteroatoms. The van der Waals surface area contributed by atoms with Gasteiger partial charge in [-0.3, -0.25) is 0 Å². The molecule has 1 aromatic heterocycles. The molecule has 0 radical (unpaired) electrons. The quantitative estimate of drug-likeness (QED) is 0.371. The van der Waals surface area contributed by atoms with Gasteiger partial charge in [-0.15, -0.1) is 5.10 Å². The van der Waals surface area contributed by atoms with Gasteiger partial charge in [0.15, 0.2) is 5.82 Å². The molecule has 0 fully saturated rings. The number of hydrogen-bond acceptors (Lipinski definition) is 5. The van der Waals surface area contributed by atoms with Gasteiger partial charge in [-0.2, -0.15) is 5.10 Å². The van der Waals surface area contributed by atoms with E-state index >= 15 is 0 Å². The zero-order chi connectivity index (χ0) is 26.6. The number of nitrogens with zero attached hydrogens (tertiary/aromatic N) is 3. The predicted molar refractivity (Wildman–Crippen MR) is 143 cm³/mol. The molecule has 0 amide bonds. The largest absolute Gasteiger partial charge is 0.367 e. The lowest BCUT2D eigenvalue weighted by atomic mass is 9.89. The van der Waals surface area contributed by atoms with E-state index in [-0.39, 0.29) is 11.6 Å². The normalized spacial score (nSPS) is 18.8. The summed E-state index contributed by atoms with van der Waals surface area (Å²) in [6.45, 7) is 15.2. The minimum Gasteiger partial charge on any atom is -0.367 e. The summed E-state index contributed by atoms with van der Waals surface area (Å²) in [5.74, 6) is -3.09. The number of likely N-dealkylation sites (N-methyl/N-ethyl adjacent to an activating group) is 1. The molecule has 0 bridgehead atoms. The molecule has 2 atom stereocenters. The number of nitrogens with one attached hydrogen (secondary N) is 1. The summed E-state index contributed by atoms with van der Waals surface area (Å²) in [7, 11) is 3.71. The third kappa shape index (κ3) is 3.76. The van der Waals surface area contributed by atoms with Crippen LogP contribution in [0.15, 0.2) is 42.6 Å². The summed E-state index contributed by atoms with van der Waals surface area (Å²) < 4.78 is 35.8. The molecule has 2 heterocycles. The fourth-order valence-corrected chi connectivity index (χ4v) is 5.44. The Labute approximate surface area is 212 Å². The topological polar surface area (TPSA) is 50.3 Å². The van der Waals surface area contributed by atoms with E-state index in [0.717, 1.165) is 45.4 Å². The molecule has 36 heavy (non-hydrogen) atoms. The molecule has 2 unspecified atom stereocenters. The van der Waals surface area contributed by atoms with Crippen molar-refractivity contribution in [1.82, 2.24) is 10.2 Å². The van der Waals surface area contributed by atoms with Crippen molar-refractivity contribution in [2.45, 2.75) is 65.5 Å². The molecule has 1 aliphatic heterocycles. The minimum absolute atomic E-state index is 0.0666. The number of fused-ring (bicyclic) bond motifs is 2. The summed E-state index contributed by atoms with van der Waals surface area (Å²) in [4.78, 5) is 2.06.